The van der Waals surface area contributed by atoms with Crippen LogP contribution in [-0.2, 0) is 10.0 Å². The van der Waals surface area contributed by atoms with E-state index < -0.39 is 15.6 Å². The first kappa shape index (κ1) is 15.5. The first-order valence-electron chi connectivity index (χ1n) is 6.68. The van der Waals surface area contributed by atoms with Crippen LogP contribution in [-0.4, -0.2) is 14.0 Å². The number of sulfonamides is 1. The molecule has 0 unspecified atom stereocenters. The summed E-state index contributed by atoms with van der Waals surface area (Å²) in [5.41, 5.74) is 7.12. The molecule has 0 aromatic heterocycles. The zero-order valence-corrected chi connectivity index (χ0v) is 13.2. The summed E-state index contributed by atoms with van der Waals surface area (Å²) in [6.45, 7) is 5.41. The minimum Gasteiger partial charge on any atom is -0.399 e. The van der Waals surface area contributed by atoms with Crippen LogP contribution in [0.1, 0.15) is 20.8 Å². The molecule has 0 aliphatic rings. The predicted molar refractivity (Wildman–Crippen MR) is 86.4 cm³/mol. The minimum absolute atomic E-state index is 0.198. The Morgan fingerprint density at radius 2 is 1.62 bits per heavy atom. The van der Waals surface area contributed by atoms with Crippen molar-refractivity contribution >= 4 is 15.7 Å². The van der Waals surface area contributed by atoms with Crippen LogP contribution in [0.5, 0.6) is 0 Å². The number of nitrogen functional groups attached to an aromatic ring is 1. The molecule has 2 rings (SSSR count). The molecule has 2 aromatic carbocycles. The molecule has 2 aromatic rings. The molecule has 0 saturated carbocycles. The van der Waals surface area contributed by atoms with Gasteiger partial charge in [-0.25, -0.2) is 13.1 Å². The lowest BCUT2D eigenvalue weighted by atomic mass is 10.1. The van der Waals surface area contributed by atoms with Crippen LogP contribution < -0.4 is 10.5 Å². The molecule has 0 atom stereocenters. The smallest absolute Gasteiger partial charge is 0.241 e. The third-order valence-corrected chi connectivity index (χ3v) is 4.62. The number of hydrogen-bond acceptors (Lipinski definition) is 3. The van der Waals surface area contributed by atoms with Crippen molar-refractivity contribution in [1.29, 1.82) is 0 Å². The Labute approximate surface area is 126 Å². The SMILES string of the molecule is CC(C)(C)NS(=O)(=O)c1cc(N)ccc1-c1ccccc1. The van der Waals surface area contributed by atoms with Gasteiger partial charge in [-0.05, 0) is 38.5 Å². The summed E-state index contributed by atoms with van der Waals surface area (Å²) >= 11 is 0. The van der Waals surface area contributed by atoms with E-state index in [1.165, 1.54) is 6.07 Å². The number of benzene rings is 2. The molecule has 0 radical (unpaired) electrons. The Hall–Kier alpha value is -1.85. The van der Waals surface area contributed by atoms with Gasteiger partial charge in [0.05, 0.1) is 4.90 Å². The largest absolute Gasteiger partial charge is 0.399 e. The fourth-order valence-electron chi connectivity index (χ4n) is 2.08. The molecule has 0 aliphatic carbocycles. The predicted octanol–water partition coefficient (Wildman–Crippen LogP) is 3.01. The van der Waals surface area contributed by atoms with E-state index in [0.717, 1.165) is 5.56 Å². The van der Waals surface area contributed by atoms with Crippen molar-refractivity contribution in [2.75, 3.05) is 5.73 Å². The van der Waals surface area contributed by atoms with Gasteiger partial charge in [-0.2, -0.15) is 0 Å². The van der Waals surface area contributed by atoms with Crippen molar-refractivity contribution < 1.29 is 8.42 Å². The Morgan fingerprint density at radius 3 is 2.19 bits per heavy atom. The van der Waals surface area contributed by atoms with E-state index in [2.05, 4.69) is 4.72 Å². The Morgan fingerprint density at radius 1 is 1.00 bits per heavy atom. The van der Waals surface area contributed by atoms with Gasteiger partial charge in [0.25, 0.3) is 0 Å². The van der Waals surface area contributed by atoms with Gasteiger partial charge in [0.2, 0.25) is 10.0 Å². The van der Waals surface area contributed by atoms with Gasteiger partial charge in [-0.1, -0.05) is 36.4 Å². The van der Waals surface area contributed by atoms with E-state index in [-0.39, 0.29) is 4.90 Å². The molecule has 0 amide bonds. The number of nitrogens with one attached hydrogen (secondary N) is 1. The molecule has 5 heteroatoms. The number of nitrogens with two attached hydrogens (primary N) is 1. The van der Waals surface area contributed by atoms with Gasteiger partial charge >= 0.3 is 0 Å². The fourth-order valence-corrected chi connectivity index (χ4v) is 3.76. The zero-order chi connectivity index (χ0) is 15.7. The van der Waals surface area contributed by atoms with Gasteiger partial charge < -0.3 is 5.73 Å². The molecule has 21 heavy (non-hydrogen) atoms. The Kier molecular flexibility index (Phi) is 4.07. The minimum atomic E-state index is -3.65. The van der Waals surface area contributed by atoms with Crippen molar-refractivity contribution in [3.05, 3.63) is 48.5 Å². The summed E-state index contributed by atoms with van der Waals surface area (Å²) < 4.78 is 27.9. The maximum Gasteiger partial charge on any atom is 0.241 e. The quantitative estimate of drug-likeness (QED) is 0.856. The summed E-state index contributed by atoms with van der Waals surface area (Å²) in [5.74, 6) is 0. The number of hydrogen-bond donors (Lipinski definition) is 2. The van der Waals surface area contributed by atoms with Gasteiger partial charge in [-0.3, -0.25) is 0 Å². The molecule has 0 spiro atoms. The van der Waals surface area contributed by atoms with Gasteiger partial charge in [0.1, 0.15) is 0 Å². The highest BCUT2D eigenvalue weighted by Gasteiger charge is 2.25. The van der Waals surface area contributed by atoms with Crippen LogP contribution in [0.15, 0.2) is 53.4 Å². The topological polar surface area (TPSA) is 72.2 Å². The van der Waals surface area contributed by atoms with E-state index in [0.29, 0.717) is 11.3 Å². The highest BCUT2D eigenvalue weighted by Crippen LogP contribution is 2.29. The second kappa shape index (κ2) is 5.50. The van der Waals surface area contributed by atoms with Crippen LogP contribution in [0, 0.1) is 0 Å². The van der Waals surface area contributed by atoms with Crippen LogP contribution in [0.25, 0.3) is 11.1 Å². The van der Waals surface area contributed by atoms with Crippen LogP contribution in [0.4, 0.5) is 5.69 Å². The van der Waals surface area contributed by atoms with E-state index in [1.54, 1.807) is 32.9 Å². The maximum atomic E-state index is 12.6. The third kappa shape index (κ3) is 3.83. The monoisotopic (exact) mass is 304 g/mol. The summed E-state index contributed by atoms with van der Waals surface area (Å²) in [7, 11) is -3.65. The number of rotatable bonds is 3. The first-order valence-corrected chi connectivity index (χ1v) is 8.16. The summed E-state index contributed by atoms with van der Waals surface area (Å²) in [4.78, 5) is 0.198. The van der Waals surface area contributed by atoms with Crippen molar-refractivity contribution in [3.8, 4) is 11.1 Å². The molecule has 0 heterocycles. The molecule has 0 fully saturated rings. The normalized spacial score (nSPS) is 12.3. The summed E-state index contributed by atoms with van der Waals surface area (Å²) in [5, 5.41) is 0. The highest BCUT2D eigenvalue weighted by molar-refractivity contribution is 7.89. The molecule has 112 valence electrons. The summed E-state index contributed by atoms with van der Waals surface area (Å²) in [6.07, 6.45) is 0. The van der Waals surface area contributed by atoms with E-state index >= 15 is 0 Å². The second-order valence-electron chi connectivity index (χ2n) is 5.98. The van der Waals surface area contributed by atoms with Crippen molar-refractivity contribution in [3.63, 3.8) is 0 Å². The zero-order valence-electron chi connectivity index (χ0n) is 12.4. The second-order valence-corrected chi connectivity index (χ2v) is 7.63. The van der Waals surface area contributed by atoms with Gasteiger partial charge in [0.15, 0.2) is 0 Å². The lowest BCUT2D eigenvalue weighted by molar-refractivity contribution is 0.491. The number of anilines is 1. The van der Waals surface area contributed by atoms with Gasteiger partial charge in [0, 0.05) is 16.8 Å². The average molecular weight is 304 g/mol. The van der Waals surface area contributed by atoms with E-state index in [4.69, 9.17) is 5.73 Å². The molecular weight excluding hydrogens is 284 g/mol. The van der Waals surface area contributed by atoms with Crippen LogP contribution in [0.3, 0.4) is 0 Å². The molecule has 4 nitrogen and oxygen atoms in total. The van der Waals surface area contributed by atoms with Crippen LogP contribution in [0.2, 0.25) is 0 Å². The van der Waals surface area contributed by atoms with E-state index in [9.17, 15) is 8.42 Å². The summed E-state index contributed by atoms with van der Waals surface area (Å²) in [6, 6.07) is 14.3. The van der Waals surface area contributed by atoms with Crippen molar-refractivity contribution in [2.45, 2.75) is 31.2 Å². The molecule has 3 N–H and O–H groups in total. The maximum absolute atomic E-state index is 12.6. The fraction of sp³-hybridized carbons (Fsp3) is 0.250. The van der Waals surface area contributed by atoms with E-state index in [1.807, 2.05) is 30.3 Å². The molecule has 0 bridgehead atoms. The van der Waals surface area contributed by atoms with Crippen molar-refractivity contribution in [2.24, 2.45) is 0 Å². The first-order chi connectivity index (χ1) is 9.69. The average Bonchev–Trinajstić information content (AvgIpc) is 2.37. The molecule has 0 aliphatic heterocycles. The Balaban J connectivity index is 2.61. The van der Waals surface area contributed by atoms with Crippen LogP contribution >= 0.6 is 0 Å². The molecular formula is C16H20N2O2S. The standard InChI is InChI=1S/C16H20N2O2S/c1-16(2,3)18-21(19,20)15-11-13(17)9-10-14(15)12-7-5-4-6-8-12/h4-11,18H,17H2,1-3H3. The lowest BCUT2D eigenvalue weighted by Gasteiger charge is -2.22. The van der Waals surface area contributed by atoms with Crippen molar-refractivity contribution in [1.82, 2.24) is 4.72 Å². The third-order valence-electron chi connectivity index (χ3n) is 2.82. The molecule has 0 saturated heterocycles. The Bertz CT molecular complexity index is 733. The van der Waals surface area contributed by atoms with Gasteiger partial charge in [-0.15, -0.1) is 0 Å². The lowest BCUT2D eigenvalue weighted by Crippen LogP contribution is -2.40. The highest BCUT2D eigenvalue weighted by atomic mass is 32.2.